The quantitative estimate of drug-likeness (QED) is 0.852. The van der Waals surface area contributed by atoms with Gasteiger partial charge in [0.2, 0.25) is 5.76 Å². The Balaban J connectivity index is 1.63. The maximum atomic E-state index is 12.7. The average Bonchev–Trinajstić information content (AvgIpc) is 3.09. The fraction of sp³-hybridized carbons (Fsp3) is 0.333. The highest BCUT2D eigenvalue weighted by Crippen LogP contribution is 2.39. The van der Waals surface area contributed by atoms with E-state index in [0.29, 0.717) is 5.76 Å². The van der Waals surface area contributed by atoms with E-state index in [4.69, 9.17) is 4.52 Å². The van der Waals surface area contributed by atoms with Crippen molar-refractivity contribution < 1.29 is 9.32 Å². The molecule has 1 saturated heterocycles. The molecule has 3 heterocycles. The highest BCUT2D eigenvalue weighted by molar-refractivity contribution is 5.93. The molecule has 2 aliphatic rings. The summed E-state index contributed by atoms with van der Waals surface area (Å²) < 4.78 is 5.15. The van der Waals surface area contributed by atoms with Gasteiger partial charge < -0.3 is 9.42 Å². The summed E-state index contributed by atoms with van der Waals surface area (Å²) in [4.78, 5) is 14.7. The number of aryl methyl sites for hydroxylation is 1. The summed E-state index contributed by atoms with van der Waals surface area (Å²) in [6.07, 6.45) is 5.25. The van der Waals surface area contributed by atoms with Crippen molar-refractivity contribution in [2.75, 3.05) is 0 Å². The molecule has 1 aromatic carbocycles. The number of hydrogen-bond acceptors (Lipinski definition) is 3. The van der Waals surface area contributed by atoms with Gasteiger partial charge >= 0.3 is 0 Å². The van der Waals surface area contributed by atoms with Gasteiger partial charge in [0.1, 0.15) is 0 Å². The lowest BCUT2D eigenvalue weighted by molar-refractivity contribution is 0.0649. The van der Waals surface area contributed by atoms with Gasteiger partial charge in [-0.3, -0.25) is 4.79 Å². The van der Waals surface area contributed by atoms with E-state index in [9.17, 15) is 4.79 Å². The van der Waals surface area contributed by atoms with Gasteiger partial charge in [-0.1, -0.05) is 41.6 Å². The lowest BCUT2D eigenvalue weighted by Gasteiger charge is -2.33. The minimum absolute atomic E-state index is 0.0311. The van der Waals surface area contributed by atoms with Crippen LogP contribution in [0.2, 0.25) is 0 Å². The molecule has 0 N–H and O–H groups in total. The molecule has 0 saturated carbocycles. The molecule has 1 amide bonds. The van der Waals surface area contributed by atoms with Gasteiger partial charge in [0.05, 0.1) is 11.7 Å². The molecule has 0 radical (unpaired) electrons. The Morgan fingerprint density at radius 1 is 1.27 bits per heavy atom. The molecule has 4 rings (SSSR count). The minimum atomic E-state index is -0.0311. The third kappa shape index (κ3) is 2.15. The van der Waals surface area contributed by atoms with E-state index >= 15 is 0 Å². The van der Waals surface area contributed by atoms with Crippen LogP contribution in [-0.2, 0) is 0 Å². The van der Waals surface area contributed by atoms with Crippen molar-refractivity contribution in [2.24, 2.45) is 0 Å². The Labute approximate surface area is 129 Å². The molecular formula is C18H18N2O2. The van der Waals surface area contributed by atoms with Crippen molar-refractivity contribution in [1.29, 1.82) is 0 Å². The Morgan fingerprint density at radius 3 is 2.77 bits per heavy atom. The van der Waals surface area contributed by atoms with E-state index in [1.165, 1.54) is 11.1 Å². The van der Waals surface area contributed by atoms with Crippen LogP contribution in [0, 0.1) is 6.92 Å². The number of rotatable bonds is 2. The lowest BCUT2D eigenvalue weighted by atomic mass is 9.94. The normalized spacial score (nSPS) is 23.5. The Hall–Kier alpha value is -2.36. The standard InChI is InChI=1S/C18H18N2O2/c1-12-9-17(22-19-12)18(21)20-15-7-8-16(20)11-14(10-15)13-5-3-2-4-6-13/h2-6,9-10,15-16H,7-8,11H2,1H3. The maximum absolute atomic E-state index is 12.7. The van der Waals surface area contributed by atoms with E-state index < -0.39 is 0 Å². The average molecular weight is 294 g/mol. The molecule has 2 unspecified atom stereocenters. The second kappa shape index (κ2) is 5.13. The molecular weight excluding hydrogens is 276 g/mol. The van der Waals surface area contributed by atoms with Gasteiger partial charge in [0.15, 0.2) is 0 Å². The van der Waals surface area contributed by atoms with E-state index in [1.807, 2.05) is 17.9 Å². The second-order valence-electron chi connectivity index (χ2n) is 6.11. The van der Waals surface area contributed by atoms with Crippen molar-refractivity contribution in [3.8, 4) is 0 Å². The van der Waals surface area contributed by atoms with Gasteiger partial charge in [0.25, 0.3) is 5.91 Å². The molecule has 2 aromatic rings. The number of fused-ring (bicyclic) bond motifs is 2. The van der Waals surface area contributed by atoms with Gasteiger partial charge in [-0.05, 0) is 37.3 Å². The summed E-state index contributed by atoms with van der Waals surface area (Å²) >= 11 is 0. The topological polar surface area (TPSA) is 46.3 Å². The number of nitrogens with zero attached hydrogens (tertiary/aromatic N) is 2. The highest BCUT2D eigenvalue weighted by Gasteiger charge is 2.41. The fourth-order valence-electron chi connectivity index (χ4n) is 3.60. The molecule has 4 heteroatoms. The van der Waals surface area contributed by atoms with Crippen LogP contribution in [0.1, 0.15) is 41.1 Å². The van der Waals surface area contributed by atoms with Crippen molar-refractivity contribution in [1.82, 2.24) is 10.1 Å². The van der Waals surface area contributed by atoms with Crippen molar-refractivity contribution in [3.63, 3.8) is 0 Å². The summed E-state index contributed by atoms with van der Waals surface area (Å²) in [6.45, 7) is 1.83. The minimum Gasteiger partial charge on any atom is -0.351 e. The first kappa shape index (κ1) is 13.3. The fourth-order valence-corrected chi connectivity index (χ4v) is 3.60. The van der Waals surface area contributed by atoms with E-state index in [1.54, 1.807) is 6.07 Å². The lowest BCUT2D eigenvalue weighted by Crippen LogP contribution is -2.42. The molecule has 2 atom stereocenters. The Kier molecular flexibility index (Phi) is 3.10. The number of carbonyl (C=O) groups is 1. The summed E-state index contributed by atoms with van der Waals surface area (Å²) in [7, 11) is 0. The van der Waals surface area contributed by atoms with Crippen LogP contribution >= 0.6 is 0 Å². The van der Waals surface area contributed by atoms with E-state index in [-0.39, 0.29) is 18.0 Å². The van der Waals surface area contributed by atoms with Gasteiger partial charge in [-0.25, -0.2) is 0 Å². The smallest absolute Gasteiger partial charge is 0.293 e. The number of carbonyl (C=O) groups excluding carboxylic acids is 1. The summed E-state index contributed by atoms with van der Waals surface area (Å²) in [6, 6.07) is 12.6. The van der Waals surface area contributed by atoms with Crippen molar-refractivity contribution in [3.05, 3.63) is 59.5 Å². The number of amides is 1. The summed E-state index contributed by atoms with van der Waals surface area (Å²) in [5.74, 6) is 0.322. The molecule has 0 aliphatic carbocycles. The summed E-state index contributed by atoms with van der Waals surface area (Å²) in [5.41, 5.74) is 3.36. The van der Waals surface area contributed by atoms with Gasteiger partial charge in [-0.15, -0.1) is 0 Å². The third-order valence-electron chi connectivity index (χ3n) is 4.61. The first-order valence-electron chi connectivity index (χ1n) is 7.74. The molecule has 112 valence electrons. The predicted molar refractivity (Wildman–Crippen MR) is 83.3 cm³/mol. The van der Waals surface area contributed by atoms with E-state index in [2.05, 4.69) is 35.5 Å². The van der Waals surface area contributed by atoms with E-state index in [0.717, 1.165) is 25.0 Å². The molecule has 4 nitrogen and oxygen atoms in total. The van der Waals surface area contributed by atoms with Crippen LogP contribution in [0.25, 0.3) is 5.57 Å². The van der Waals surface area contributed by atoms with Gasteiger partial charge in [0, 0.05) is 12.1 Å². The Morgan fingerprint density at radius 2 is 2.09 bits per heavy atom. The highest BCUT2D eigenvalue weighted by atomic mass is 16.5. The van der Waals surface area contributed by atoms with Crippen LogP contribution in [0.4, 0.5) is 0 Å². The molecule has 1 fully saturated rings. The molecule has 0 spiro atoms. The summed E-state index contributed by atoms with van der Waals surface area (Å²) in [5, 5.41) is 3.83. The second-order valence-corrected chi connectivity index (χ2v) is 6.11. The predicted octanol–water partition coefficient (Wildman–Crippen LogP) is 3.44. The first-order chi connectivity index (χ1) is 10.7. The third-order valence-corrected chi connectivity index (χ3v) is 4.61. The zero-order chi connectivity index (χ0) is 15.1. The van der Waals surface area contributed by atoms with Crippen LogP contribution in [0.3, 0.4) is 0 Å². The Bertz CT molecular complexity index is 733. The molecule has 1 aromatic heterocycles. The molecule has 22 heavy (non-hydrogen) atoms. The molecule has 2 aliphatic heterocycles. The largest absolute Gasteiger partial charge is 0.351 e. The number of benzene rings is 1. The van der Waals surface area contributed by atoms with Crippen LogP contribution in [0.15, 0.2) is 47.0 Å². The van der Waals surface area contributed by atoms with Gasteiger partial charge in [-0.2, -0.15) is 0 Å². The maximum Gasteiger partial charge on any atom is 0.293 e. The zero-order valence-corrected chi connectivity index (χ0v) is 12.5. The first-order valence-corrected chi connectivity index (χ1v) is 7.74. The number of hydrogen-bond donors (Lipinski definition) is 0. The van der Waals surface area contributed by atoms with Crippen LogP contribution in [0.5, 0.6) is 0 Å². The van der Waals surface area contributed by atoms with Crippen molar-refractivity contribution >= 4 is 11.5 Å². The van der Waals surface area contributed by atoms with Crippen molar-refractivity contribution in [2.45, 2.75) is 38.3 Å². The SMILES string of the molecule is Cc1cc(C(=O)N2C3C=C(c4ccccc4)CC2CC3)on1. The number of aromatic nitrogens is 1. The van der Waals surface area contributed by atoms with Crippen LogP contribution < -0.4 is 0 Å². The monoisotopic (exact) mass is 294 g/mol. The molecule has 2 bridgehead atoms. The zero-order valence-electron chi connectivity index (χ0n) is 12.5. The van der Waals surface area contributed by atoms with Crippen LogP contribution in [-0.4, -0.2) is 28.0 Å².